The summed E-state index contributed by atoms with van der Waals surface area (Å²) in [6, 6.07) is 7.96. The molecule has 0 bridgehead atoms. The Kier molecular flexibility index (Phi) is 3.27. The third-order valence-corrected chi connectivity index (χ3v) is 2.66. The molecule has 0 fully saturated rings. The zero-order valence-electron chi connectivity index (χ0n) is 10.4. The number of aromatic nitrogens is 2. The van der Waals surface area contributed by atoms with E-state index in [0.717, 1.165) is 12.0 Å². The average molecular weight is 232 g/mol. The number of nitrogens with zero attached hydrogens (tertiary/aromatic N) is 2. The van der Waals surface area contributed by atoms with Crippen molar-refractivity contribution in [3.63, 3.8) is 0 Å². The maximum atomic E-state index is 13.5. The molecule has 0 aliphatic carbocycles. The van der Waals surface area contributed by atoms with Crippen molar-refractivity contribution in [2.75, 3.05) is 0 Å². The fourth-order valence-electron chi connectivity index (χ4n) is 1.93. The number of hydrogen-bond acceptors (Lipinski definition) is 1. The Morgan fingerprint density at radius 3 is 2.35 bits per heavy atom. The Balaban J connectivity index is 2.26. The molecule has 1 heterocycles. The van der Waals surface area contributed by atoms with Gasteiger partial charge >= 0.3 is 0 Å². The molecule has 0 atom stereocenters. The van der Waals surface area contributed by atoms with Crippen LogP contribution in [0.15, 0.2) is 30.5 Å². The van der Waals surface area contributed by atoms with Gasteiger partial charge in [-0.3, -0.25) is 4.68 Å². The van der Waals surface area contributed by atoms with Crippen molar-refractivity contribution in [1.82, 2.24) is 9.78 Å². The molecule has 0 unspecified atom stereocenters. The van der Waals surface area contributed by atoms with Crippen LogP contribution in [0.4, 0.5) is 4.39 Å². The highest BCUT2D eigenvalue weighted by Crippen LogP contribution is 2.21. The Morgan fingerprint density at radius 1 is 1.24 bits per heavy atom. The Bertz CT molecular complexity index is 497. The molecule has 0 saturated heterocycles. The quantitative estimate of drug-likeness (QED) is 0.792. The molecule has 2 aromatic rings. The van der Waals surface area contributed by atoms with Crippen molar-refractivity contribution < 1.29 is 4.39 Å². The molecule has 0 aliphatic rings. The van der Waals surface area contributed by atoms with Gasteiger partial charge in [-0.1, -0.05) is 38.1 Å². The maximum Gasteiger partial charge on any atom is 0.169 e. The first-order valence-corrected chi connectivity index (χ1v) is 5.84. The summed E-state index contributed by atoms with van der Waals surface area (Å²) in [7, 11) is 1.72. The van der Waals surface area contributed by atoms with Gasteiger partial charge in [-0.2, -0.15) is 5.10 Å². The van der Waals surface area contributed by atoms with E-state index in [0.29, 0.717) is 11.6 Å². The first-order valence-electron chi connectivity index (χ1n) is 5.84. The zero-order valence-corrected chi connectivity index (χ0v) is 10.4. The minimum absolute atomic E-state index is 0.274. The zero-order chi connectivity index (χ0) is 12.4. The molecule has 1 aromatic carbocycles. The lowest BCUT2D eigenvalue weighted by Gasteiger charge is -2.05. The fourth-order valence-corrected chi connectivity index (χ4v) is 1.93. The number of benzene rings is 1. The maximum absolute atomic E-state index is 13.5. The van der Waals surface area contributed by atoms with E-state index in [-0.39, 0.29) is 5.82 Å². The van der Waals surface area contributed by atoms with Gasteiger partial charge in [0.25, 0.3) is 0 Å². The van der Waals surface area contributed by atoms with Crippen molar-refractivity contribution in [3.05, 3.63) is 41.8 Å². The lowest BCUT2D eigenvalue weighted by atomic mass is 10.0. The van der Waals surface area contributed by atoms with Crippen molar-refractivity contribution in [2.45, 2.75) is 20.3 Å². The molecule has 2 nitrogen and oxygen atoms in total. The van der Waals surface area contributed by atoms with Crippen molar-refractivity contribution >= 4 is 0 Å². The molecule has 17 heavy (non-hydrogen) atoms. The van der Waals surface area contributed by atoms with E-state index in [9.17, 15) is 4.39 Å². The minimum atomic E-state index is -0.274. The van der Waals surface area contributed by atoms with Gasteiger partial charge in [0.1, 0.15) is 5.69 Å². The summed E-state index contributed by atoms with van der Waals surface area (Å²) in [5.41, 5.74) is 2.53. The Morgan fingerprint density at radius 2 is 1.88 bits per heavy atom. The topological polar surface area (TPSA) is 17.8 Å². The van der Waals surface area contributed by atoms with E-state index in [4.69, 9.17) is 0 Å². The third kappa shape index (κ3) is 2.73. The second kappa shape index (κ2) is 4.70. The van der Waals surface area contributed by atoms with Gasteiger partial charge in [-0.05, 0) is 17.9 Å². The van der Waals surface area contributed by atoms with Crippen LogP contribution in [0.3, 0.4) is 0 Å². The Labute approximate surface area is 101 Å². The van der Waals surface area contributed by atoms with Crippen LogP contribution in [0.2, 0.25) is 0 Å². The van der Waals surface area contributed by atoms with E-state index in [1.54, 1.807) is 7.05 Å². The molecule has 3 heteroatoms. The van der Waals surface area contributed by atoms with E-state index in [1.165, 1.54) is 16.4 Å². The summed E-state index contributed by atoms with van der Waals surface area (Å²) in [6.07, 6.45) is 2.43. The lowest BCUT2D eigenvalue weighted by molar-refractivity contribution is 0.627. The predicted octanol–water partition coefficient (Wildman–Crippen LogP) is 3.42. The molecule has 2 rings (SSSR count). The summed E-state index contributed by atoms with van der Waals surface area (Å²) >= 11 is 0. The van der Waals surface area contributed by atoms with Gasteiger partial charge in [-0.25, -0.2) is 4.39 Å². The predicted molar refractivity (Wildman–Crippen MR) is 67.1 cm³/mol. The first kappa shape index (κ1) is 11.8. The summed E-state index contributed by atoms with van der Waals surface area (Å²) in [5, 5.41) is 4.11. The molecular weight excluding hydrogens is 215 g/mol. The molecule has 0 amide bonds. The van der Waals surface area contributed by atoms with Gasteiger partial charge in [0.05, 0.1) is 6.20 Å². The number of hydrogen-bond donors (Lipinski definition) is 0. The summed E-state index contributed by atoms with van der Waals surface area (Å²) in [5.74, 6) is 0.358. The normalized spacial score (nSPS) is 11.1. The molecule has 90 valence electrons. The number of rotatable bonds is 3. The van der Waals surface area contributed by atoms with Gasteiger partial charge in [0.2, 0.25) is 0 Å². The molecule has 0 radical (unpaired) electrons. The second-order valence-corrected chi connectivity index (χ2v) is 4.79. The SMILES string of the molecule is CC(C)Cc1ccc(-c2nn(C)cc2F)cc1. The van der Waals surface area contributed by atoms with Gasteiger partial charge in [0.15, 0.2) is 5.82 Å². The van der Waals surface area contributed by atoms with Crippen molar-refractivity contribution in [3.8, 4) is 11.3 Å². The average Bonchev–Trinajstić information content (AvgIpc) is 2.58. The highest BCUT2D eigenvalue weighted by atomic mass is 19.1. The molecule has 0 spiro atoms. The molecule has 0 saturated carbocycles. The van der Waals surface area contributed by atoms with Gasteiger partial charge in [0, 0.05) is 12.6 Å². The molecular formula is C14H17FN2. The van der Waals surface area contributed by atoms with Crippen LogP contribution in [-0.2, 0) is 13.5 Å². The van der Waals surface area contributed by atoms with Crippen LogP contribution in [0.25, 0.3) is 11.3 Å². The third-order valence-electron chi connectivity index (χ3n) is 2.66. The van der Waals surface area contributed by atoms with Crippen LogP contribution in [0.1, 0.15) is 19.4 Å². The highest BCUT2D eigenvalue weighted by molar-refractivity contribution is 5.59. The van der Waals surface area contributed by atoms with Gasteiger partial charge in [-0.15, -0.1) is 0 Å². The largest absolute Gasteiger partial charge is 0.272 e. The summed E-state index contributed by atoms with van der Waals surface area (Å²) < 4.78 is 15.0. The van der Waals surface area contributed by atoms with Crippen molar-refractivity contribution in [2.24, 2.45) is 13.0 Å². The van der Waals surface area contributed by atoms with Gasteiger partial charge < -0.3 is 0 Å². The lowest BCUT2D eigenvalue weighted by Crippen LogP contribution is -1.94. The van der Waals surface area contributed by atoms with E-state index in [2.05, 4.69) is 18.9 Å². The summed E-state index contributed by atoms with van der Waals surface area (Å²) in [6.45, 7) is 4.37. The molecule has 0 aliphatic heterocycles. The minimum Gasteiger partial charge on any atom is -0.272 e. The number of aryl methyl sites for hydroxylation is 1. The van der Waals surface area contributed by atoms with Crippen LogP contribution < -0.4 is 0 Å². The van der Waals surface area contributed by atoms with Crippen LogP contribution >= 0.6 is 0 Å². The van der Waals surface area contributed by atoms with Crippen molar-refractivity contribution in [1.29, 1.82) is 0 Å². The molecule has 0 N–H and O–H groups in total. The van der Waals surface area contributed by atoms with E-state index in [1.807, 2.05) is 24.3 Å². The van der Waals surface area contributed by atoms with E-state index >= 15 is 0 Å². The molecule has 1 aromatic heterocycles. The number of halogens is 1. The standard InChI is InChI=1S/C14H17FN2/c1-10(2)8-11-4-6-12(7-5-11)14-13(15)9-17(3)16-14/h4-7,9-10H,8H2,1-3H3. The van der Waals surface area contributed by atoms with Crippen LogP contribution in [0.5, 0.6) is 0 Å². The van der Waals surface area contributed by atoms with Crippen LogP contribution in [0, 0.1) is 11.7 Å². The smallest absolute Gasteiger partial charge is 0.169 e. The summed E-state index contributed by atoms with van der Waals surface area (Å²) in [4.78, 5) is 0. The second-order valence-electron chi connectivity index (χ2n) is 4.79. The fraction of sp³-hybridized carbons (Fsp3) is 0.357. The Hall–Kier alpha value is -1.64. The van der Waals surface area contributed by atoms with Crippen LogP contribution in [-0.4, -0.2) is 9.78 Å². The first-order chi connectivity index (χ1) is 8.06. The monoisotopic (exact) mass is 232 g/mol. The highest BCUT2D eigenvalue weighted by Gasteiger charge is 2.09. The van der Waals surface area contributed by atoms with E-state index < -0.39 is 0 Å².